The number of carbonyl (C=O) groups is 2. The van der Waals surface area contributed by atoms with E-state index in [1.165, 1.54) is 0 Å². The number of nitriles is 1. The van der Waals surface area contributed by atoms with E-state index in [9.17, 15) is 14.9 Å². The summed E-state index contributed by atoms with van der Waals surface area (Å²) in [5.41, 5.74) is 5.02. The SMILES string of the molecule is CN1CCN(CC(=O)N(C)c2ccc(N/C(=C3\C(=O)Nc4cc(C#N)ccc43)c3ccc4c(c3)OCO4)cc2)CC1. The average molecular weight is 551 g/mol. The Morgan fingerprint density at radius 1 is 1.02 bits per heavy atom. The van der Waals surface area contributed by atoms with Crippen molar-refractivity contribution in [1.82, 2.24) is 9.80 Å². The number of piperazine rings is 1. The van der Waals surface area contributed by atoms with E-state index in [0.29, 0.717) is 46.1 Å². The van der Waals surface area contributed by atoms with Crippen molar-refractivity contribution in [2.45, 2.75) is 0 Å². The van der Waals surface area contributed by atoms with Gasteiger partial charge in [0.05, 0.1) is 35.1 Å². The molecule has 1 saturated heterocycles. The largest absolute Gasteiger partial charge is 0.454 e. The van der Waals surface area contributed by atoms with E-state index < -0.39 is 0 Å². The van der Waals surface area contributed by atoms with Gasteiger partial charge in [0.2, 0.25) is 12.7 Å². The molecule has 3 heterocycles. The number of anilines is 3. The van der Waals surface area contributed by atoms with Crippen LogP contribution in [0.15, 0.2) is 60.7 Å². The predicted octanol–water partition coefficient (Wildman–Crippen LogP) is 3.43. The molecule has 3 aliphatic rings. The van der Waals surface area contributed by atoms with E-state index in [0.717, 1.165) is 43.1 Å². The van der Waals surface area contributed by atoms with Crippen LogP contribution < -0.4 is 25.0 Å². The number of ether oxygens (including phenoxy) is 2. The van der Waals surface area contributed by atoms with Crippen LogP contribution in [0.4, 0.5) is 17.1 Å². The molecule has 0 spiro atoms. The third-order valence-corrected chi connectivity index (χ3v) is 7.66. The summed E-state index contributed by atoms with van der Waals surface area (Å²) in [7, 11) is 3.88. The van der Waals surface area contributed by atoms with Gasteiger partial charge in [-0.2, -0.15) is 5.26 Å². The molecule has 0 unspecified atom stereocenters. The summed E-state index contributed by atoms with van der Waals surface area (Å²) in [5.74, 6) is 0.994. The zero-order valence-corrected chi connectivity index (χ0v) is 22.9. The van der Waals surface area contributed by atoms with E-state index in [1.807, 2.05) is 42.5 Å². The van der Waals surface area contributed by atoms with E-state index in [-0.39, 0.29) is 18.6 Å². The molecular formula is C31H30N6O4. The number of hydrogen-bond acceptors (Lipinski definition) is 8. The first-order valence-electron chi connectivity index (χ1n) is 13.4. The highest BCUT2D eigenvalue weighted by Crippen LogP contribution is 2.41. The molecule has 0 atom stereocenters. The lowest BCUT2D eigenvalue weighted by molar-refractivity contribution is -0.119. The Hall–Kier alpha value is -4.85. The van der Waals surface area contributed by atoms with Crippen LogP contribution in [0.25, 0.3) is 11.3 Å². The van der Waals surface area contributed by atoms with Crippen LogP contribution in [0.1, 0.15) is 16.7 Å². The van der Waals surface area contributed by atoms with Crippen LogP contribution in [0.3, 0.4) is 0 Å². The minimum atomic E-state index is -0.277. The van der Waals surface area contributed by atoms with Crippen LogP contribution in [0, 0.1) is 11.3 Å². The molecule has 208 valence electrons. The topological polar surface area (TPSA) is 110 Å². The number of amides is 2. The number of benzene rings is 3. The zero-order chi connectivity index (χ0) is 28.5. The highest BCUT2D eigenvalue weighted by atomic mass is 16.7. The van der Waals surface area contributed by atoms with Crippen molar-refractivity contribution in [3.63, 3.8) is 0 Å². The molecule has 10 heteroatoms. The first kappa shape index (κ1) is 26.4. The molecule has 41 heavy (non-hydrogen) atoms. The fourth-order valence-corrected chi connectivity index (χ4v) is 5.18. The average Bonchev–Trinajstić information content (AvgIpc) is 3.59. The van der Waals surface area contributed by atoms with E-state index in [1.54, 1.807) is 30.1 Å². The molecule has 3 aromatic rings. The van der Waals surface area contributed by atoms with Crippen molar-refractivity contribution in [3.8, 4) is 17.6 Å². The molecule has 3 aliphatic heterocycles. The van der Waals surface area contributed by atoms with E-state index in [4.69, 9.17) is 9.47 Å². The molecule has 1 fully saturated rings. The van der Waals surface area contributed by atoms with Gasteiger partial charge >= 0.3 is 0 Å². The lowest BCUT2D eigenvalue weighted by Crippen LogP contribution is -2.48. The molecule has 0 aromatic heterocycles. The highest BCUT2D eigenvalue weighted by molar-refractivity contribution is 6.37. The van der Waals surface area contributed by atoms with Crippen LogP contribution in [0.2, 0.25) is 0 Å². The molecule has 2 N–H and O–H groups in total. The summed E-state index contributed by atoms with van der Waals surface area (Å²) < 4.78 is 11.1. The first-order valence-corrected chi connectivity index (χ1v) is 13.4. The molecule has 6 rings (SSSR count). The Labute approximate surface area is 238 Å². The fraction of sp³-hybridized carbons (Fsp3) is 0.258. The Kier molecular flexibility index (Phi) is 7.05. The number of carbonyl (C=O) groups excluding carboxylic acids is 2. The molecule has 2 amide bonds. The monoisotopic (exact) mass is 550 g/mol. The van der Waals surface area contributed by atoms with Crippen LogP contribution in [-0.4, -0.2) is 75.2 Å². The normalized spacial score (nSPS) is 17.4. The minimum Gasteiger partial charge on any atom is -0.454 e. The lowest BCUT2D eigenvalue weighted by atomic mass is 9.98. The van der Waals surface area contributed by atoms with Gasteiger partial charge in [-0.25, -0.2) is 0 Å². The van der Waals surface area contributed by atoms with Crippen molar-refractivity contribution in [3.05, 3.63) is 77.4 Å². The second kappa shape index (κ2) is 11.0. The number of rotatable bonds is 6. The summed E-state index contributed by atoms with van der Waals surface area (Å²) >= 11 is 0. The van der Waals surface area contributed by atoms with Crippen LogP contribution in [0.5, 0.6) is 11.5 Å². The minimum absolute atomic E-state index is 0.0365. The number of nitrogens with zero attached hydrogens (tertiary/aromatic N) is 4. The number of nitrogens with one attached hydrogen (secondary N) is 2. The van der Waals surface area contributed by atoms with Gasteiger partial charge in [0.15, 0.2) is 11.5 Å². The van der Waals surface area contributed by atoms with Crippen molar-refractivity contribution < 1.29 is 19.1 Å². The quantitative estimate of drug-likeness (QED) is 0.450. The van der Waals surface area contributed by atoms with Gasteiger partial charge in [0.25, 0.3) is 5.91 Å². The molecule has 0 aliphatic carbocycles. The van der Waals surface area contributed by atoms with Crippen molar-refractivity contribution in [2.75, 3.05) is 69.1 Å². The van der Waals surface area contributed by atoms with Crippen molar-refractivity contribution in [2.24, 2.45) is 0 Å². The standard InChI is InChI=1S/C31H30N6O4/c1-35-11-13-37(14-12-35)18-28(38)36(2)23-7-5-22(6-8-23)33-30(21-4-10-26-27(16-21)41-19-40-26)29-24-9-3-20(17-32)15-25(24)34-31(29)39/h3-10,15-16,33H,11-14,18-19H2,1-2H3,(H,34,39)/b30-29-. The number of likely N-dealkylation sites (N-methyl/N-ethyl adjacent to an activating group) is 2. The van der Waals surface area contributed by atoms with Gasteiger partial charge in [0.1, 0.15) is 0 Å². The van der Waals surface area contributed by atoms with E-state index in [2.05, 4.69) is 33.6 Å². The van der Waals surface area contributed by atoms with Crippen molar-refractivity contribution >= 4 is 40.1 Å². The predicted molar refractivity (Wildman–Crippen MR) is 157 cm³/mol. The maximum Gasteiger partial charge on any atom is 0.258 e. The summed E-state index contributed by atoms with van der Waals surface area (Å²) in [5, 5.41) is 15.6. The smallest absolute Gasteiger partial charge is 0.258 e. The second-order valence-corrected chi connectivity index (χ2v) is 10.3. The number of fused-ring (bicyclic) bond motifs is 2. The molecule has 0 bridgehead atoms. The Morgan fingerprint density at radius 2 is 1.78 bits per heavy atom. The first-order chi connectivity index (χ1) is 19.9. The van der Waals surface area contributed by atoms with Gasteiger partial charge in [-0.3, -0.25) is 14.5 Å². The Morgan fingerprint density at radius 3 is 2.54 bits per heavy atom. The third-order valence-electron chi connectivity index (χ3n) is 7.66. The van der Waals surface area contributed by atoms with E-state index >= 15 is 0 Å². The van der Waals surface area contributed by atoms with Crippen molar-refractivity contribution in [1.29, 1.82) is 5.26 Å². The van der Waals surface area contributed by atoms with Gasteiger partial charge < -0.3 is 29.9 Å². The maximum atomic E-state index is 13.3. The molecule has 10 nitrogen and oxygen atoms in total. The summed E-state index contributed by atoms with van der Waals surface area (Å²) in [6.45, 7) is 4.20. The van der Waals surface area contributed by atoms with Gasteiger partial charge in [-0.15, -0.1) is 0 Å². The lowest BCUT2D eigenvalue weighted by Gasteiger charge is -2.32. The summed E-state index contributed by atoms with van der Waals surface area (Å²) in [6.07, 6.45) is 0. The van der Waals surface area contributed by atoms with Gasteiger partial charge in [0, 0.05) is 55.7 Å². The molecule has 3 aromatic carbocycles. The molecular weight excluding hydrogens is 520 g/mol. The van der Waals surface area contributed by atoms with Gasteiger partial charge in [-0.1, -0.05) is 6.07 Å². The highest BCUT2D eigenvalue weighted by Gasteiger charge is 2.29. The summed E-state index contributed by atoms with van der Waals surface area (Å²) in [6, 6.07) is 20.3. The summed E-state index contributed by atoms with van der Waals surface area (Å²) in [4.78, 5) is 32.4. The maximum absolute atomic E-state index is 13.3. The number of hydrogen-bond donors (Lipinski definition) is 2. The van der Waals surface area contributed by atoms with Crippen LogP contribution in [-0.2, 0) is 9.59 Å². The Balaban J connectivity index is 1.29. The third kappa shape index (κ3) is 5.33. The second-order valence-electron chi connectivity index (χ2n) is 10.3. The fourth-order valence-electron chi connectivity index (χ4n) is 5.18. The van der Waals surface area contributed by atoms with Gasteiger partial charge in [-0.05, 0) is 61.6 Å². The Bertz CT molecular complexity index is 1590. The molecule has 0 saturated carbocycles. The molecule has 0 radical (unpaired) electrons. The van der Waals surface area contributed by atoms with Crippen LogP contribution >= 0.6 is 0 Å². The zero-order valence-electron chi connectivity index (χ0n) is 22.9.